The van der Waals surface area contributed by atoms with E-state index in [-0.39, 0.29) is 11.6 Å². The molecule has 0 radical (unpaired) electrons. The summed E-state index contributed by atoms with van der Waals surface area (Å²) in [6, 6.07) is 10.2. The van der Waals surface area contributed by atoms with Gasteiger partial charge in [0.05, 0.1) is 18.8 Å². The lowest BCUT2D eigenvalue weighted by atomic mass is 10.1. The van der Waals surface area contributed by atoms with Gasteiger partial charge < -0.3 is 5.32 Å². The van der Waals surface area contributed by atoms with Crippen molar-refractivity contribution in [1.82, 2.24) is 30.0 Å². The minimum absolute atomic E-state index is 0.0287. The molecule has 0 saturated carbocycles. The van der Waals surface area contributed by atoms with Crippen LogP contribution in [0.3, 0.4) is 0 Å². The van der Waals surface area contributed by atoms with Gasteiger partial charge in [-0.2, -0.15) is 5.10 Å². The normalized spacial score (nSPS) is 17.1. The van der Waals surface area contributed by atoms with E-state index in [2.05, 4.69) is 27.3 Å². The van der Waals surface area contributed by atoms with Crippen LogP contribution >= 0.6 is 0 Å². The molecular weight excluding hydrogens is 340 g/mol. The van der Waals surface area contributed by atoms with Gasteiger partial charge in [-0.25, -0.2) is 4.98 Å². The average molecular weight is 366 g/mol. The number of rotatable bonds is 5. The molecule has 1 aliphatic heterocycles. The van der Waals surface area contributed by atoms with Crippen LogP contribution in [-0.4, -0.2) is 50.8 Å². The smallest absolute Gasteiger partial charge is 0.265 e. The van der Waals surface area contributed by atoms with Crippen molar-refractivity contribution in [3.05, 3.63) is 58.3 Å². The van der Waals surface area contributed by atoms with Crippen molar-refractivity contribution < 1.29 is 0 Å². The molecule has 27 heavy (non-hydrogen) atoms. The van der Waals surface area contributed by atoms with E-state index < -0.39 is 0 Å². The Hall–Kier alpha value is -2.51. The summed E-state index contributed by atoms with van der Waals surface area (Å²) < 4.78 is 1.83. The number of benzene rings is 1. The minimum atomic E-state index is -0.0287. The second-order valence-electron chi connectivity index (χ2n) is 7.04. The standard InChI is InChI=1S/C20H26N6O/c1-2-17(25-11-6-9-21-10-12-25)19-23-18-16(13-22-24-18)20(27)26(19)14-15-7-4-3-5-8-15/h3-5,7-8,13,17,21H,2,6,9-12,14H2,1H3,(H,22,24). The van der Waals surface area contributed by atoms with E-state index >= 15 is 0 Å². The number of nitrogens with zero attached hydrogens (tertiary/aromatic N) is 4. The number of hydrogen-bond donors (Lipinski definition) is 2. The largest absolute Gasteiger partial charge is 0.315 e. The third-order valence-electron chi connectivity index (χ3n) is 5.28. The van der Waals surface area contributed by atoms with Crippen LogP contribution in [-0.2, 0) is 6.54 Å². The Balaban J connectivity index is 1.81. The van der Waals surface area contributed by atoms with Gasteiger partial charge in [0.1, 0.15) is 11.2 Å². The van der Waals surface area contributed by atoms with E-state index in [1.807, 2.05) is 34.9 Å². The Bertz CT molecular complexity index is 940. The molecule has 1 aliphatic rings. The lowest BCUT2D eigenvalue weighted by Crippen LogP contribution is -2.37. The van der Waals surface area contributed by atoms with Crippen LogP contribution < -0.4 is 10.9 Å². The van der Waals surface area contributed by atoms with Crippen molar-refractivity contribution in [2.45, 2.75) is 32.4 Å². The number of hydrogen-bond acceptors (Lipinski definition) is 5. The predicted molar refractivity (Wildman–Crippen MR) is 106 cm³/mol. The molecule has 4 rings (SSSR count). The van der Waals surface area contributed by atoms with Crippen LogP contribution in [0.5, 0.6) is 0 Å². The van der Waals surface area contributed by atoms with Gasteiger partial charge in [0.2, 0.25) is 0 Å². The molecule has 1 unspecified atom stereocenters. The maximum Gasteiger partial charge on any atom is 0.265 e. The van der Waals surface area contributed by atoms with E-state index in [1.54, 1.807) is 6.20 Å². The molecule has 3 heterocycles. The number of fused-ring (bicyclic) bond motifs is 1. The van der Waals surface area contributed by atoms with Crippen molar-refractivity contribution in [3.8, 4) is 0 Å². The minimum Gasteiger partial charge on any atom is -0.315 e. The number of aromatic amines is 1. The van der Waals surface area contributed by atoms with E-state index in [0.717, 1.165) is 50.4 Å². The monoisotopic (exact) mass is 366 g/mol. The van der Waals surface area contributed by atoms with Crippen LogP contribution in [0.25, 0.3) is 11.0 Å². The first-order chi connectivity index (χ1) is 13.3. The topological polar surface area (TPSA) is 78.8 Å². The lowest BCUT2D eigenvalue weighted by Gasteiger charge is -2.30. The van der Waals surface area contributed by atoms with Gasteiger partial charge in [-0.1, -0.05) is 37.3 Å². The SMILES string of the molecule is CCC(c1nc2[nH]ncc2c(=O)n1Cc1ccccc1)N1CCCNCC1. The first-order valence-electron chi connectivity index (χ1n) is 9.70. The fourth-order valence-electron chi connectivity index (χ4n) is 3.90. The Morgan fingerprint density at radius 1 is 1.19 bits per heavy atom. The number of H-pyrrole nitrogens is 1. The molecular formula is C20H26N6O. The second kappa shape index (κ2) is 8.02. The lowest BCUT2D eigenvalue weighted by molar-refractivity contribution is 0.192. The van der Waals surface area contributed by atoms with Crippen LogP contribution in [0.1, 0.15) is 37.2 Å². The zero-order valence-electron chi connectivity index (χ0n) is 15.7. The molecule has 0 amide bonds. The number of nitrogens with one attached hydrogen (secondary N) is 2. The van der Waals surface area contributed by atoms with Crippen molar-refractivity contribution in [2.24, 2.45) is 0 Å². The molecule has 1 atom stereocenters. The zero-order chi connectivity index (χ0) is 18.6. The van der Waals surface area contributed by atoms with Crippen LogP contribution in [0.4, 0.5) is 0 Å². The molecule has 2 aromatic heterocycles. The molecule has 0 aliphatic carbocycles. The van der Waals surface area contributed by atoms with Gasteiger partial charge in [0, 0.05) is 19.6 Å². The van der Waals surface area contributed by atoms with Crippen LogP contribution in [0.15, 0.2) is 41.3 Å². The van der Waals surface area contributed by atoms with Crippen molar-refractivity contribution in [2.75, 3.05) is 26.2 Å². The molecule has 2 N–H and O–H groups in total. The quantitative estimate of drug-likeness (QED) is 0.721. The van der Waals surface area contributed by atoms with Crippen molar-refractivity contribution >= 4 is 11.0 Å². The van der Waals surface area contributed by atoms with Gasteiger partial charge >= 0.3 is 0 Å². The highest BCUT2D eigenvalue weighted by molar-refractivity contribution is 5.72. The van der Waals surface area contributed by atoms with Crippen molar-refractivity contribution in [3.63, 3.8) is 0 Å². The molecule has 0 spiro atoms. The average Bonchev–Trinajstić information content (AvgIpc) is 3.01. The van der Waals surface area contributed by atoms with Crippen LogP contribution in [0.2, 0.25) is 0 Å². The van der Waals surface area contributed by atoms with Gasteiger partial charge in [-0.3, -0.25) is 19.4 Å². The molecule has 142 valence electrons. The summed E-state index contributed by atoms with van der Waals surface area (Å²) in [5.74, 6) is 0.824. The van der Waals surface area contributed by atoms with Gasteiger partial charge in [-0.15, -0.1) is 0 Å². The summed E-state index contributed by atoms with van der Waals surface area (Å²) in [5.41, 5.74) is 1.64. The van der Waals surface area contributed by atoms with Crippen LogP contribution in [0, 0.1) is 0 Å². The predicted octanol–water partition coefficient (Wildman–Crippen LogP) is 1.91. The summed E-state index contributed by atoms with van der Waals surface area (Å²) >= 11 is 0. The molecule has 1 saturated heterocycles. The maximum absolute atomic E-state index is 13.2. The molecule has 1 aromatic carbocycles. The van der Waals surface area contributed by atoms with E-state index in [1.165, 1.54) is 0 Å². The fraction of sp³-hybridized carbons (Fsp3) is 0.450. The Morgan fingerprint density at radius 3 is 2.85 bits per heavy atom. The number of aromatic nitrogens is 4. The molecule has 3 aromatic rings. The van der Waals surface area contributed by atoms with E-state index in [9.17, 15) is 4.79 Å². The maximum atomic E-state index is 13.2. The van der Waals surface area contributed by atoms with E-state index in [4.69, 9.17) is 4.98 Å². The first-order valence-corrected chi connectivity index (χ1v) is 9.70. The van der Waals surface area contributed by atoms with Gasteiger partial charge in [-0.05, 0) is 24.9 Å². The molecule has 1 fully saturated rings. The highest BCUT2D eigenvalue weighted by Gasteiger charge is 2.25. The highest BCUT2D eigenvalue weighted by Crippen LogP contribution is 2.24. The summed E-state index contributed by atoms with van der Waals surface area (Å²) in [4.78, 5) is 20.5. The third-order valence-corrected chi connectivity index (χ3v) is 5.28. The summed E-state index contributed by atoms with van der Waals surface area (Å²) in [7, 11) is 0. The molecule has 7 heteroatoms. The Labute approximate surface area is 158 Å². The van der Waals surface area contributed by atoms with E-state index in [0.29, 0.717) is 17.6 Å². The molecule has 7 nitrogen and oxygen atoms in total. The first kappa shape index (κ1) is 17.9. The highest BCUT2D eigenvalue weighted by atomic mass is 16.1. The summed E-state index contributed by atoms with van der Waals surface area (Å²) in [6.45, 7) is 6.65. The van der Waals surface area contributed by atoms with Gasteiger partial charge in [0.15, 0.2) is 5.65 Å². The zero-order valence-corrected chi connectivity index (χ0v) is 15.7. The fourth-order valence-corrected chi connectivity index (χ4v) is 3.90. The summed E-state index contributed by atoms with van der Waals surface area (Å²) in [5, 5.41) is 10.9. The van der Waals surface area contributed by atoms with Crippen molar-refractivity contribution in [1.29, 1.82) is 0 Å². The second-order valence-corrected chi connectivity index (χ2v) is 7.04. The molecule has 0 bridgehead atoms. The summed E-state index contributed by atoms with van der Waals surface area (Å²) in [6.07, 6.45) is 3.58. The Kier molecular flexibility index (Phi) is 5.31. The van der Waals surface area contributed by atoms with Gasteiger partial charge in [0.25, 0.3) is 5.56 Å². The Morgan fingerprint density at radius 2 is 2.04 bits per heavy atom. The third kappa shape index (κ3) is 3.65.